The summed E-state index contributed by atoms with van der Waals surface area (Å²) in [6.07, 6.45) is -1.31. The minimum Gasteiger partial charge on any atom is -0.492 e. The van der Waals surface area contributed by atoms with Crippen LogP contribution in [0.25, 0.3) is 0 Å². The van der Waals surface area contributed by atoms with Crippen molar-refractivity contribution in [3.8, 4) is 5.75 Å². The fourth-order valence-corrected chi connectivity index (χ4v) is 3.91. The molecule has 152 valence electrons. The first-order valence-electron chi connectivity index (χ1n) is 8.49. The van der Waals surface area contributed by atoms with Gasteiger partial charge < -0.3 is 24.8 Å². The number of amides is 2. The number of carboxylic acids is 1. The molecule has 2 N–H and O–H groups in total. The van der Waals surface area contributed by atoms with Gasteiger partial charge in [0.2, 0.25) is 5.91 Å². The Bertz CT molecular complexity index is 778. The summed E-state index contributed by atoms with van der Waals surface area (Å²) in [5.74, 6) is -1.12. The molecule has 2 aliphatic heterocycles. The van der Waals surface area contributed by atoms with E-state index < -0.39 is 43.1 Å². The predicted octanol–water partition coefficient (Wildman–Crippen LogP) is 1.19. The average Bonchev–Trinajstić information content (AvgIpc) is 3.09. The van der Waals surface area contributed by atoms with E-state index in [-0.39, 0.29) is 13.0 Å². The van der Waals surface area contributed by atoms with Crippen LogP contribution in [0, 0.1) is 0 Å². The first kappa shape index (κ1) is 20.3. The summed E-state index contributed by atoms with van der Waals surface area (Å²) in [6.45, 7) is -3.26. The van der Waals surface area contributed by atoms with Gasteiger partial charge in [-0.2, -0.15) is 8.78 Å². The third-order valence-corrected chi connectivity index (χ3v) is 5.39. The molecular weight excluding hydrogens is 398 g/mol. The van der Waals surface area contributed by atoms with Crippen LogP contribution in [-0.4, -0.2) is 72.0 Å². The molecule has 2 atom stereocenters. The van der Waals surface area contributed by atoms with Crippen molar-refractivity contribution in [1.29, 1.82) is 0 Å². The second-order valence-electron chi connectivity index (χ2n) is 6.20. The number of hydrogen-bond donors (Lipinski definition) is 2. The van der Waals surface area contributed by atoms with E-state index in [0.717, 1.165) is 15.5 Å². The Hall–Kier alpha value is -2.40. The number of carboxylic acid groups (broad SMARTS) is 1. The average molecular weight is 416 g/mol. The zero-order valence-electron chi connectivity index (χ0n) is 14.6. The molecule has 0 spiro atoms. The highest BCUT2D eigenvalue weighted by atomic mass is 32.2. The Balaban J connectivity index is 1.59. The molecule has 2 aliphatic rings. The zero-order valence-corrected chi connectivity index (χ0v) is 15.4. The molecule has 0 bridgehead atoms. The Labute approximate surface area is 163 Å². The predicted molar refractivity (Wildman–Crippen MR) is 93.6 cm³/mol. The number of benzene rings is 1. The molecule has 3 rings (SSSR count). The SMILES string of the molecule is O=C(NCC(=O)N1C[C@H](OC(F)F)C[C@H]1C(=O)O)c1ccc2c(c1)OCCS2. The third-order valence-electron chi connectivity index (χ3n) is 4.37. The molecule has 0 aliphatic carbocycles. The summed E-state index contributed by atoms with van der Waals surface area (Å²) in [7, 11) is 0. The van der Waals surface area contributed by atoms with Gasteiger partial charge in [-0.15, -0.1) is 11.8 Å². The number of nitrogens with zero attached hydrogens (tertiary/aromatic N) is 1. The van der Waals surface area contributed by atoms with Gasteiger partial charge >= 0.3 is 12.6 Å². The first-order valence-corrected chi connectivity index (χ1v) is 9.47. The maximum atomic E-state index is 12.4. The number of alkyl halides is 2. The van der Waals surface area contributed by atoms with E-state index in [4.69, 9.17) is 4.74 Å². The summed E-state index contributed by atoms with van der Waals surface area (Å²) in [4.78, 5) is 37.8. The monoisotopic (exact) mass is 416 g/mol. The van der Waals surface area contributed by atoms with Crippen molar-refractivity contribution in [3.63, 3.8) is 0 Å². The van der Waals surface area contributed by atoms with Gasteiger partial charge in [0.25, 0.3) is 5.91 Å². The topological polar surface area (TPSA) is 105 Å². The molecule has 28 heavy (non-hydrogen) atoms. The van der Waals surface area contributed by atoms with Crippen molar-refractivity contribution >= 4 is 29.5 Å². The Morgan fingerprint density at radius 2 is 2.18 bits per heavy atom. The molecule has 11 heteroatoms. The number of rotatable bonds is 6. The lowest BCUT2D eigenvalue weighted by molar-refractivity contribution is -0.160. The number of ether oxygens (including phenoxy) is 2. The van der Waals surface area contributed by atoms with Crippen LogP contribution in [0.4, 0.5) is 8.78 Å². The van der Waals surface area contributed by atoms with Gasteiger partial charge in [-0.25, -0.2) is 4.79 Å². The number of likely N-dealkylation sites (tertiary alicyclic amines) is 1. The van der Waals surface area contributed by atoms with Gasteiger partial charge in [-0.05, 0) is 18.2 Å². The summed E-state index contributed by atoms with van der Waals surface area (Å²) in [5.41, 5.74) is 0.296. The smallest absolute Gasteiger partial charge is 0.345 e. The molecule has 8 nitrogen and oxygen atoms in total. The molecule has 2 heterocycles. The summed E-state index contributed by atoms with van der Waals surface area (Å²) >= 11 is 1.61. The second kappa shape index (κ2) is 8.74. The normalized spacial score (nSPS) is 21.2. The summed E-state index contributed by atoms with van der Waals surface area (Å²) < 4.78 is 34.5. The second-order valence-corrected chi connectivity index (χ2v) is 7.33. The van der Waals surface area contributed by atoms with Gasteiger partial charge in [0.1, 0.15) is 11.8 Å². The van der Waals surface area contributed by atoms with Gasteiger partial charge in [-0.1, -0.05) is 0 Å². The number of hydrogen-bond acceptors (Lipinski definition) is 6. The highest BCUT2D eigenvalue weighted by Gasteiger charge is 2.41. The molecule has 1 aromatic carbocycles. The van der Waals surface area contributed by atoms with E-state index in [1.165, 1.54) is 0 Å². The molecule has 2 amide bonds. The number of fused-ring (bicyclic) bond motifs is 1. The number of nitrogens with one attached hydrogen (secondary N) is 1. The lowest BCUT2D eigenvalue weighted by Gasteiger charge is -2.21. The lowest BCUT2D eigenvalue weighted by atomic mass is 10.2. The van der Waals surface area contributed by atoms with Crippen molar-refractivity contribution in [2.45, 2.75) is 30.1 Å². The van der Waals surface area contributed by atoms with Gasteiger partial charge in [0.15, 0.2) is 0 Å². The number of aliphatic carboxylic acids is 1. The van der Waals surface area contributed by atoms with Crippen LogP contribution in [0.3, 0.4) is 0 Å². The van der Waals surface area contributed by atoms with Crippen LogP contribution in [-0.2, 0) is 14.3 Å². The highest BCUT2D eigenvalue weighted by Crippen LogP contribution is 2.33. The van der Waals surface area contributed by atoms with Gasteiger partial charge in [0.05, 0.1) is 19.3 Å². The third kappa shape index (κ3) is 4.71. The van der Waals surface area contributed by atoms with E-state index in [9.17, 15) is 28.3 Å². The standard InChI is InChI=1S/C17H18F2N2O6S/c18-17(19)27-10-6-11(16(24)25)21(8-10)14(22)7-20-15(23)9-1-2-13-12(5-9)26-3-4-28-13/h1-2,5,10-11,17H,3-4,6-8H2,(H,20,23)(H,24,25)/t10-,11+/m1/s1. The highest BCUT2D eigenvalue weighted by molar-refractivity contribution is 7.99. The van der Waals surface area contributed by atoms with Crippen molar-refractivity contribution in [2.24, 2.45) is 0 Å². The Kier molecular flexibility index (Phi) is 6.35. The van der Waals surface area contributed by atoms with Crippen LogP contribution < -0.4 is 10.1 Å². The van der Waals surface area contributed by atoms with E-state index in [2.05, 4.69) is 10.1 Å². The molecule has 0 saturated carbocycles. The van der Waals surface area contributed by atoms with E-state index in [1.54, 1.807) is 30.0 Å². The van der Waals surface area contributed by atoms with Crippen LogP contribution in [0.5, 0.6) is 5.75 Å². The fourth-order valence-electron chi connectivity index (χ4n) is 3.10. The van der Waals surface area contributed by atoms with Crippen LogP contribution in [0.2, 0.25) is 0 Å². The van der Waals surface area contributed by atoms with Crippen LogP contribution in [0.1, 0.15) is 16.8 Å². The molecule has 1 saturated heterocycles. The van der Waals surface area contributed by atoms with Crippen molar-refractivity contribution < 1.29 is 37.7 Å². The summed E-state index contributed by atoms with van der Waals surface area (Å²) in [5, 5.41) is 11.6. The molecular formula is C17H18F2N2O6S. The Morgan fingerprint density at radius 1 is 1.39 bits per heavy atom. The fraction of sp³-hybridized carbons (Fsp3) is 0.471. The maximum Gasteiger partial charge on any atom is 0.345 e. The molecule has 1 fully saturated rings. The summed E-state index contributed by atoms with van der Waals surface area (Å²) in [6, 6.07) is 3.65. The largest absolute Gasteiger partial charge is 0.492 e. The van der Waals surface area contributed by atoms with E-state index >= 15 is 0 Å². The van der Waals surface area contributed by atoms with Crippen LogP contribution >= 0.6 is 11.8 Å². The number of carbonyl (C=O) groups is 3. The molecule has 1 aromatic rings. The van der Waals surface area contributed by atoms with Crippen molar-refractivity contribution in [2.75, 3.05) is 25.4 Å². The molecule has 0 unspecified atom stereocenters. The lowest BCUT2D eigenvalue weighted by Crippen LogP contribution is -2.45. The number of carbonyl (C=O) groups excluding carboxylic acids is 2. The van der Waals surface area contributed by atoms with E-state index in [1.807, 2.05) is 0 Å². The minimum atomic E-state index is -3.06. The van der Waals surface area contributed by atoms with E-state index in [0.29, 0.717) is 17.9 Å². The maximum absolute atomic E-state index is 12.4. The quantitative estimate of drug-likeness (QED) is 0.718. The molecule has 0 aromatic heterocycles. The first-order chi connectivity index (χ1) is 13.3. The molecule has 0 radical (unpaired) electrons. The van der Waals surface area contributed by atoms with Crippen molar-refractivity contribution in [3.05, 3.63) is 23.8 Å². The van der Waals surface area contributed by atoms with Crippen LogP contribution in [0.15, 0.2) is 23.1 Å². The minimum absolute atomic E-state index is 0.237. The van der Waals surface area contributed by atoms with Crippen molar-refractivity contribution in [1.82, 2.24) is 10.2 Å². The zero-order chi connectivity index (χ0) is 20.3. The number of thioether (sulfide) groups is 1. The van der Waals surface area contributed by atoms with Gasteiger partial charge in [-0.3, -0.25) is 9.59 Å². The van der Waals surface area contributed by atoms with Gasteiger partial charge in [0, 0.05) is 29.2 Å². The Morgan fingerprint density at radius 3 is 2.89 bits per heavy atom. The number of halogens is 2.